The van der Waals surface area contributed by atoms with E-state index in [1.165, 1.54) is 32.1 Å². The summed E-state index contributed by atoms with van der Waals surface area (Å²) in [4.78, 5) is 12.3. The number of hydrogen-bond donors (Lipinski definition) is 2. The fraction of sp³-hybridized carbons (Fsp3) is 0.933. The minimum Gasteiger partial charge on any atom is -0.356 e. The second-order valence-corrected chi connectivity index (χ2v) is 6.61. The van der Waals surface area contributed by atoms with Gasteiger partial charge in [0.1, 0.15) is 0 Å². The minimum atomic E-state index is -0.229. The van der Waals surface area contributed by atoms with Crippen LogP contribution in [0.3, 0.4) is 0 Å². The van der Waals surface area contributed by atoms with Gasteiger partial charge in [-0.2, -0.15) is 0 Å². The summed E-state index contributed by atoms with van der Waals surface area (Å²) < 4.78 is 0. The number of carbonyl (C=O) groups is 1. The molecule has 0 radical (unpaired) electrons. The summed E-state index contributed by atoms with van der Waals surface area (Å²) in [6, 6.07) is 0. The van der Waals surface area contributed by atoms with Gasteiger partial charge >= 0.3 is 0 Å². The van der Waals surface area contributed by atoms with Crippen molar-refractivity contribution >= 4 is 5.91 Å². The van der Waals surface area contributed by atoms with Gasteiger partial charge in [-0.25, -0.2) is 0 Å². The van der Waals surface area contributed by atoms with Gasteiger partial charge in [0.25, 0.3) is 0 Å². The Balaban J connectivity index is 1.70. The molecule has 1 amide bonds. The van der Waals surface area contributed by atoms with Crippen molar-refractivity contribution in [2.75, 3.05) is 19.6 Å². The van der Waals surface area contributed by atoms with Gasteiger partial charge in [0.15, 0.2) is 0 Å². The second kappa shape index (κ2) is 6.05. The molecule has 2 aliphatic rings. The van der Waals surface area contributed by atoms with E-state index in [2.05, 4.69) is 24.5 Å². The molecular weight excluding hydrogens is 224 g/mol. The van der Waals surface area contributed by atoms with Crippen molar-refractivity contribution in [1.29, 1.82) is 0 Å². The lowest BCUT2D eigenvalue weighted by Crippen LogP contribution is -2.47. The third kappa shape index (κ3) is 3.71. The molecule has 1 atom stereocenters. The molecule has 2 rings (SSSR count). The van der Waals surface area contributed by atoms with Crippen LogP contribution in [-0.4, -0.2) is 25.5 Å². The van der Waals surface area contributed by atoms with Gasteiger partial charge < -0.3 is 10.6 Å². The third-order valence-electron chi connectivity index (χ3n) is 4.67. The van der Waals surface area contributed by atoms with Gasteiger partial charge in [0.05, 0.1) is 0 Å². The first-order chi connectivity index (χ1) is 8.60. The normalized spacial score (nSPS) is 24.9. The molecule has 1 heterocycles. The molecular formula is C15H28N2O. The maximum atomic E-state index is 12.3. The van der Waals surface area contributed by atoms with Gasteiger partial charge in [0, 0.05) is 12.0 Å². The summed E-state index contributed by atoms with van der Waals surface area (Å²) >= 11 is 0. The van der Waals surface area contributed by atoms with Crippen LogP contribution in [0.25, 0.3) is 0 Å². The Bertz CT molecular complexity index is 278. The van der Waals surface area contributed by atoms with Crippen molar-refractivity contribution in [2.45, 2.75) is 52.4 Å². The molecule has 1 unspecified atom stereocenters. The van der Waals surface area contributed by atoms with E-state index in [4.69, 9.17) is 0 Å². The fourth-order valence-electron chi connectivity index (χ4n) is 2.88. The van der Waals surface area contributed by atoms with Crippen molar-refractivity contribution < 1.29 is 4.79 Å². The smallest absolute Gasteiger partial charge is 0.225 e. The summed E-state index contributed by atoms with van der Waals surface area (Å²) in [5, 5.41) is 6.54. The van der Waals surface area contributed by atoms with Crippen LogP contribution < -0.4 is 10.6 Å². The van der Waals surface area contributed by atoms with Crippen molar-refractivity contribution in [3.63, 3.8) is 0 Å². The molecule has 104 valence electrons. The molecule has 2 fully saturated rings. The SMILES string of the molecule is CC(C)(C(=O)NCCCC1CC1)C1CCCNC1. The topological polar surface area (TPSA) is 41.1 Å². The van der Waals surface area contributed by atoms with Crippen LogP contribution >= 0.6 is 0 Å². The summed E-state index contributed by atoms with van der Waals surface area (Å²) in [6.07, 6.45) is 7.64. The fourth-order valence-corrected chi connectivity index (χ4v) is 2.88. The van der Waals surface area contributed by atoms with E-state index >= 15 is 0 Å². The largest absolute Gasteiger partial charge is 0.356 e. The van der Waals surface area contributed by atoms with E-state index in [1.54, 1.807) is 0 Å². The number of rotatable bonds is 6. The number of amides is 1. The molecule has 1 aliphatic carbocycles. The summed E-state index contributed by atoms with van der Waals surface area (Å²) in [5.41, 5.74) is -0.229. The minimum absolute atomic E-state index is 0.229. The highest BCUT2D eigenvalue weighted by atomic mass is 16.2. The first-order valence-corrected chi connectivity index (χ1v) is 7.59. The second-order valence-electron chi connectivity index (χ2n) is 6.61. The Morgan fingerprint density at radius 1 is 1.33 bits per heavy atom. The molecule has 1 aliphatic heterocycles. The molecule has 3 nitrogen and oxygen atoms in total. The zero-order valence-corrected chi connectivity index (χ0v) is 11.9. The van der Waals surface area contributed by atoms with Crippen LogP contribution in [0, 0.1) is 17.3 Å². The van der Waals surface area contributed by atoms with Crippen LogP contribution in [-0.2, 0) is 4.79 Å². The zero-order chi connectivity index (χ0) is 13.0. The van der Waals surface area contributed by atoms with Crippen LogP contribution in [0.5, 0.6) is 0 Å². The van der Waals surface area contributed by atoms with Crippen molar-refractivity contribution in [3.05, 3.63) is 0 Å². The van der Waals surface area contributed by atoms with E-state index in [0.717, 1.165) is 32.0 Å². The highest BCUT2D eigenvalue weighted by Gasteiger charge is 2.36. The molecule has 0 bridgehead atoms. The third-order valence-corrected chi connectivity index (χ3v) is 4.67. The Morgan fingerprint density at radius 3 is 2.72 bits per heavy atom. The van der Waals surface area contributed by atoms with Gasteiger partial charge in [-0.1, -0.05) is 26.7 Å². The maximum Gasteiger partial charge on any atom is 0.225 e. The Hall–Kier alpha value is -0.570. The number of hydrogen-bond acceptors (Lipinski definition) is 2. The van der Waals surface area contributed by atoms with Gasteiger partial charge in [-0.3, -0.25) is 4.79 Å². The molecule has 1 saturated heterocycles. The molecule has 0 aromatic carbocycles. The maximum absolute atomic E-state index is 12.3. The van der Waals surface area contributed by atoms with E-state index in [0.29, 0.717) is 5.92 Å². The number of nitrogens with one attached hydrogen (secondary N) is 2. The van der Waals surface area contributed by atoms with Gasteiger partial charge in [-0.15, -0.1) is 0 Å². The lowest BCUT2D eigenvalue weighted by Gasteiger charge is -2.36. The molecule has 3 heteroatoms. The molecule has 0 aromatic heterocycles. The Labute approximate surface area is 111 Å². The van der Waals surface area contributed by atoms with Crippen LogP contribution in [0.15, 0.2) is 0 Å². The van der Waals surface area contributed by atoms with E-state index in [9.17, 15) is 4.79 Å². The predicted octanol–water partition coefficient (Wildman–Crippen LogP) is 2.32. The molecule has 18 heavy (non-hydrogen) atoms. The first kappa shape index (κ1) is 13.9. The first-order valence-electron chi connectivity index (χ1n) is 7.59. The van der Waals surface area contributed by atoms with Gasteiger partial charge in [0.2, 0.25) is 5.91 Å². The van der Waals surface area contributed by atoms with E-state index in [1.807, 2.05) is 0 Å². The predicted molar refractivity (Wildman–Crippen MR) is 74.3 cm³/mol. The van der Waals surface area contributed by atoms with Gasteiger partial charge in [-0.05, 0) is 50.6 Å². The Morgan fingerprint density at radius 2 is 2.11 bits per heavy atom. The monoisotopic (exact) mass is 252 g/mol. The summed E-state index contributed by atoms with van der Waals surface area (Å²) in [5.74, 6) is 1.69. The quantitative estimate of drug-likeness (QED) is 0.712. The highest BCUT2D eigenvalue weighted by Crippen LogP contribution is 2.34. The standard InChI is InChI=1S/C15H28N2O/c1-15(2,13-6-4-9-16-11-13)14(18)17-10-3-5-12-7-8-12/h12-13,16H,3-11H2,1-2H3,(H,17,18). The zero-order valence-electron chi connectivity index (χ0n) is 11.9. The molecule has 0 aromatic rings. The Kier molecular flexibility index (Phi) is 4.66. The average Bonchev–Trinajstić information content (AvgIpc) is 3.19. The van der Waals surface area contributed by atoms with Crippen LogP contribution in [0.4, 0.5) is 0 Å². The van der Waals surface area contributed by atoms with Crippen molar-refractivity contribution in [3.8, 4) is 0 Å². The summed E-state index contributed by atoms with van der Waals surface area (Å²) in [6.45, 7) is 7.15. The molecule has 2 N–H and O–H groups in total. The summed E-state index contributed by atoms with van der Waals surface area (Å²) in [7, 11) is 0. The van der Waals surface area contributed by atoms with Crippen LogP contribution in [0.1, 0.15) is 52.4 Å². The lowest BCUT2D eigenvalue weighted by atomic mass is 9.74. The molecule has 1 saturated carbocycles. The number of piperidine rings is 1. The van der Waals surface area contributed by atoms with E-state index in [-0.39, 0.29) is 11.3 Å². The van der Waals surface area contributed by atoms with E-state index < -0.39 is 0 Å². The average molecular weight is 252 g/mol. The van der Waals surface area contributed by atoms with Crippen molar-refractivity contribution in [2.24, 2.45) is 17.3 Å². The van der Waals surface area contributed by atoms with Crippen LogP contribution in [0.2, 0.25) is 0 Å². The number of carbonyl (C=O) groups excluding carboxylic acids is 1. The highest BCUT2D eigenvalue weighted by molar-refractivity contribution is 5.82. The lowest BCUT2D eigenvalue weighted by molar-refractivity contribution is -0.132. The molecule has 0 spiro atoms. The van der Waals surface area contributed by atoms with Crippen molar-refractivity contribution in [1.82, 2.24) is 10.6 Å².